The van der Waals surface area contributed by atoms with Crippen LogP contribution in [0, 0.1) is 0 Å². The third-order valence-corrected chi connectivity index (χ3v) is 5.63. The Morgan fingerprint density at radius 2 is 1.64 bits per heavy atom. The predicted molar refractivity (Wildman–Crippen MR) is 91.1 cm³/mol. The van der Waals surface area contributed by atoms with Gasteiger partial charge >= 0.3 is 6.09 Å². The quantitative estimate of drug-likeness (QED) is 0.797. The predicted octanol–water partition coefficient (Wildman–Crippen LogP) is 3.17. The van der Waals surface area contributed by atoms with Crippen molar-refractivity contribution in [1.29, 1.82) is 0 Å². The van der Waals surface area contributed by atoms with E-state index >= 15 is 0 Å². The smallest absolute Gasteiger partial charge is 0.410 e. The van der Waals surface area contributed by atoms with Crippen LogP contribution in [-0.2, 0) is 15.7 Å². The summed E-state index contributed by atoms with van der Waals surface area (Å²) in [6.07, 6.45) is 3.69. The van der Waals surface area contributed by atoms with Gasteiger partial charge in [0.25, 0.3) is 0 Å². The maximum atomic E-state index is 12.1. The Morgan fingerprint density at radius 3 is 2.05 bits per heavy atom. The van der Waals surface area contributed by atoms with Crippen molar-refractivity contribution in [2.75, 3.05) is 20.1 Å². The molecular formula is C16H32N2O3S. The Morgan fingerprint density at radius 1 is 1.14 bits per heavy atom. The molecule has 22 heavy (non-hydrogen) atoms. The number of carbonyl (C=O) groups is 1. The van der Waals surface area contributed by atoms with Crippen molar-refractivity contribution in [3.63, 3.8) is 0 Å². The van der Waals surface area contributed by atoms with E-state index in [-0.39, 0.29) is 6.09 Å². The molecule has 1 saturated carbocycles. The van der Waals surface area contributed by atoms with Gasteiger partial charge in [-0.25, -0.2) is 13.3 Å². The molecule has 2 rings (SSSR count). The molecule has 1 heterocycles. The van der Waals surface area contributed by atoms with E-state index in [1.807, 2.05) is 46.0 Å². The number of piperidine rings is 1. The van der Waals surface area contributed by atoms with Crippen molar-refractivity contribution in [1.82, 2.24) is 9.21 Å². The van der Waals surface area contributed by atoms with Crippen molar-refractivity contribution in [3.05, 3.63) is 0 Å². The SMILES string of the molecule is CC.CN(C1CCN(C(=O)OC(C)(C)C)CC1)S(=O)C1CC1. The molecule has 1 aliphatic heterocycles. The zero-order chi connectivity index (χ0) is 16.9. The highest BCUT2D eigenvalue weighted by atomic mass is 32.2. The zero-order valence-corrected chi connectivity index (χ0v) is 15.7. The summed E-state index contributed by atoms with van der Waals surface area (Å²) in [6.45, 7) is 11.0. The Kier molecular flexibility index (Phi) is 7.32. The van der Waals surface area contributed by atoms with Gasteiger partial charge in [-0.2, -0.15) is 0 Å². The van der Waals surface area contributed by atoms with E-state index in [0.717, 1.165) is 25.7 Å². The second-order valence-electron chi connectivity index (χ2n) is 6.72. The molecule has 0 N–H and O–H groups in total. The van der Waals surface area contributed by atoms with Crippen LogP contribution in [0.4, 0.5) is 4.79 Å². The monoisotopic (exact) mass is 332 g/mol. The first-order chi connectivity index (χ1) is 10.3. The molecule has 0 aromatic carbocycles. The van der Waals surface area contributed by atoms with E-state index in [1.165, 1.54) is 0 Å². The number of hydrogen-bond acceptors (Lipinski definition) is 3. The number of nitrogens with zero attached hydrogens (tertiary/aromatic N) is 2. The maximum Gasteiger partial charge on any atom is 0.410 e. The summed E-state index contributed by atoms with van der Waals surface area (Å²) in [7, 11) is 1.10. The third-order valence-electron chi connectivity index (χ3n) is 3.72. The van der Waals surface area contributed by atoms with Gasteiger partial charge in [0.15, 0.2) is 0 Å². The lowest BCUT2D eigenvalue weighted by Crippen LogP contribution is -2.47. The molecule has 5 nitrogen and oxygen atoms in total. The molecule has 0 aromatic rings. The topological polar surface area (TPSA) is 49.9 Å². The molecule has 6 heteroatoms. The summed E-state index contributed by atoms with van der Waals surface area (Å²) in [5, 5.41) is 0.379. The van der Waals surface area contributed by atoms with Crippen molar-refractivity contribution >= 4 is 17.1 Å². The van der Waals surface area contributed by atoms with E-state index in [1.54, 1.807) is 4.90 Å². The molecule has 1 aliphatic carbocycles. The van der Waals surface area contributed by atoms with E-state index < -0.39 is 16.6 Å². The minimum Gasteiger partial charge on any atom is -0.444 e. The van der Waals surface area contributed by atoms with Gasteiger partial charge in [0, 0.05) is 31.4 Å². The minimum absolute atomic E-state index is 0.234. The number of ether oxygens (including phenoxy) is 1. The summed E-state index contributed by atoms with van der Waals surface area (Å²) < 4.78 is 19.5. The van der Waals surface area contributed by atoms with E-state index in [0.29, 0.717) is 24.4 Å². The van der Waals surface area contributed by atoms with E-state index in [4.69, 9.17) is 4.74 Å². The van der Waals surface area contributed by atoms with Gasteiger partial charge in [-0.05, 0) is 46.5 Å². The molecule has 0 bridgehead atoms. The van der Waals surface area contributed by atoms with E-state index in [2.05, 4.69) is 0 Å². The fourth-order valence-electron chi connectivity index (χ4n) is 2.39. The van der Waals surface area contributed by atoms with Crippen molar-refractivity contribution < 1.29 is 13.7 Å². The van der Waals surface area contributed by atoms with Gasteiger partial charge in [-0.3, -0.25) is 0 Å². The number of amides is 1. The molecule has 2 aliphatic rings. The summed E-state index contributed by atoms with van der Waals surface area (Å²) in [4.78, 5) is 13.7. The van der Waals surface area contributed by atoms with Crippen molar-refractivity contribution in [2.24, 2.45) is 0 Å². The summed E-state index contributed by atoms with van der Waals surface area (Å²) >= 11 is 0. The first-order valence-electron chi connectivity index (χ1n) is 8.39. The van der Waals surface area contributed by atoms with Crippen LogP contribution in [0.15, 0.2) is 0 Å². The van der Waals surface area contributed by atoms with E-state index in [9.17, 15) is 9.00 Å². The summed E-state index contributed by atoms with van der Waals surface area (Å²) in [5.74, 6) is 0. The van der Waals surface area contributed by atoms with Gasteiger partial charge in [0.05, 0.1) is 11.0 Å². The van der Waals surface area contributed by atoms with Gasteiger partial charge in [-0.1, -0.05) is 13.8 Å². The fraction of sp³-hybridized carbons (Fsp3) is 0.938. The molecule has 130 valence electrons. The number of rotatable bonds is 3. The Balaban J connectivity index is 0.00000116. The second-order valence-corrected chi connectivity index (χ2v) is 8.52. The van der Waals surface area contributed by atoms with Crippen molar-refractivity contribution in [3.8, 4) is 0 Å². The molecule has 0 spiro atoms. The third kappa shape index (κ3) is 5.88. The van der Waals surface area contributed by atoms with Crippen LogP contribution in [0.3, 0.4) is 0 Å². The highest BCUT2D eigenvalue weighted by Crippen LogP contribution is 2.30. The van der Waals surface area contributed by atoms with Gasteiger partial charge in [0.2, 0.25) is 0 Å². The average Bonchev–Trinajstić information content (AvgIpc) is 3.31. The molecule has 1 unspecified atom stereocenters. The zero-order valence-electron chi connectivity index (χ0n) is 14.9. The highest BCUT2D eigenvalue weighted by molar-refractivity contribution is 7.83. The lowest BCUT2D eigenvalue weighted by Gasteiger charge is -2.36. The van der Waals surface area contributed by atoms with Crippen LogP contribution in [0.5, 0.6) is 0 Å². The van der Waals surface area contributed by atoms with Crippen LogP contribution in [-0.4, -0.2) is 56.5 Å². The summed E-state index contributed by atoms with van der Waals surface area (Å²) in [5.41, 5.74) is -0.446. The Bertz CT molecular complexity index is 383. The normalized spacial score (nSPS) is 21.1. The molecule has 1 atom stereocenters. The largest absolute Gasteiger partial charge is 0.444 e. The minimum atomic E-state index is -0.842. The lowest BCUT2D eigenvalue weighted by atomic mass is 10.1. The van der Waals surface area contributed by atoms with Crippen LogP contribution in [0.1, 0.15) is 60.3 Å². The van der Waals surface area contributed by atoms with Gasteiger partial charge in [-0.15, -0.1) is 0 Å². The fourth-order valence-corrected chi connectivity index (χ4v) is 3.90. The average molecular weight is 333 g/mol. The Labute approximate surface area is 138 Å². The van der Waals surface area contributed by atoms with Gasteiger partial charge < -0.3 is 9.64 Å². The van der Waals surface area contributed by atoms with Crippen LogP contribution < -0.4 is 0 Å². The number of likely N-dealkylation sites (tertiary alicyclic amines) is 1. The van der Waals surface area contributed by atoms with Crippen LogP contribution in [0.2, 0.25) is 0 Å². The van der Waals surface area contributed by atoms with Crippen LogP contribution in [0.25, 0.3) is 0 Å². The second kappa shape index (κ2) is 8.29. The van der Waals surface area contributed by atoms with Crippen molar-refractivity contribution in [2.45, 2.75) is 77.2 Å². The molecule has 0 radical (unpaired) electrons. The standard InChI is InChI=1S/C14H26N2O3S.C2H6/c1-14(2,3)19-13(17)16-9-7-11(8-10-16)15(4)20(18)12-5-6-12;1-2/h11-12H,5-10H2,1-4H3;1-2H3. The first kappa shape index (κ1) is 19.4. The first-order valence-corrected chi connectivity index (χ1v) is 9.56. The molecular weight excluding hydrogens is 300 g/mol. The summed E-state index contributed by atoms with van der Waals surface area (Å²) in [6, 6.07) is 0.315. The maximum absolute atomic E-state index is 12.1. The molecule has 2 fully saturated rings. The van der Waals surface area contributed by atoms with Gasteiger partial charge in [0.1, 0.15) is 5.60 Å². The number of hydrogen-bond donors (Lipinski definition) is 0. The molecule has 1 amide bonds. The number of carbonyl (C=O) groups excluding carboxylic acids is 1. The molecule has 0 aromatic heterocycles. The molecule has 1 saturated heterocycles. The lowest BCUT2D eigenvalue weighted by molar-refractivity contribution is 0.0184. The Hall–Kier alpha value is -0.620. The van der Waals surface area contributed by atoms with Crippen LogP contribution >= 0.6 is 0 Å². The highest BCUT2D eigenvalue weighted by Gasteiger charge is 2.35.